The smallest absolute Gasteiger partial charge is 0.312 e. The zero-order chi connectivity index (χ0) is 16.9. The molecular formula is C15H28O6. The van der Waals surface area contributed by atoms with Crippen molar-refractivity contribution >= 4 is 5.97 Å². The molecule has 0 fully saturated rings. The molecule has 0 aromatic heterocycles. The van der Waals surface area contributed by atoms with Crippen LogP contribution in [0.5, 0.6) is 0 Å². The normalized spacial score (nSPS) is 14.8. The molecule has 0 aliphatic carbocycles. The lowest BCUT2D eigenvalue weighted by Crippen LogP contribution is -2.47. The van der Waals surface area contributed by atoms with Gasteiger partial charge in [-0.2, -0.15) is 9.78 Å². The van der Waals surface area contributed by atoms with Gasteiger partial charge in [-0.1, -0.05) is 6.08 Å². The zero-order valence-corrected chi connectivity index (χ0v) is 14.1. The van der Waals surface area contributed by atoms with Gasteiger partial charge in [0.25, 0.3) is 0 Å². The standard InChI is InChI=1S/C15H28O6/c1-9-10-11(12(16)17)15(8,20-18-13(2,3)4)21-19-14(5,6)7/h9,11H,1,10H2,2-8H3,(H,16,17). The summed E-state index contributed by atoms with van der Waals surface area (Å²) in [6.07, 6.45) is 1.63. The van der Waals surface area contributed by atoms with Crippen LogP contribution in [0, 0.1) is 5.92 Å². The van der Waals surface area contributed by atoms with E-state index in [0.29, 0.717) is 0 Å². The summed E-state index contributed by atoms with van der Waals surface area (Å²) in [5, 5.41) is 9.38. The fourth-order valence-electron chi connectivity index (χ4n) is 1.25. The molecule has 0 spiro atoms. The SMILES string of the molecule is C=CCC(C(=O)O)C(C)(OOC(C)(C)C)OOC(C)(C)C. The highest BCUT2D eigenvalue weighted by atomic mass is 17.3. The van der Waals surface area contributed by atoms with Crippen LogP contribution >= 0.6 is 0 Å². The third kappa shape index (κ3) is 8.16. The second-order valence-corrected chi connectivity index (χ2v) is 6.99. The average Bonchev–Trinajstić information content (AvgIpc) is 2.29. The molecule has 0 saturated heterocycles. The van der Waals surface area contributed by atoms with Gasteiger partial charge >= 0.3 is 5.97 Å². The Kier molecular flexibility index (Phi) is 7.02. The maximum Gasteiger partial charge on any atom is 0.312 e. The van der Waals surface area contributed by atoms with Crippen LogP contribution in [0.3, 0.4) is 0 Å². The number of hydrogen-bond donors (Lipinski definition) is 1. The molecular weight excluding hydrogens is 276 g/mol. The van der Waals surface area contributed by atoms with Crippen LogP contribution < -0.4 is 0 Å². The van der Waals surface area contributed by atoms with Crippen molar-refractivity contribution in [3.63, 3.8) is 0 Å². The van der Waals surface area contributed by atoms with Crippen LogP contribution in [-0.4, -0.2) is 28.1 Å². The molecule has 0 radical (unpaired) electrons. The first-order valence-corrected chi connectivity index (χ1v) is 6.88. The number of hydrogen-bond acceptors (Lipinski definition) is 5. The molecule has 0 bridgehead atoms. The van der Waals surface area contributed by atoms with Crippen molar-refractivity contribution in [1.82, 2.24) is 0 Å². The van der Waals surface area contributed by atoms with Crippen LogP contribution in [0.4, 0.5) is 0 Å². The summed E-state index contributed by atoms with van der Waals surface area (Å²) in [4.78, 5) is 32.5. The molecule has 0 heterocycles. The maximum atomic E-state index is 11.5. The summed E-state index contributed by atoms with van der Waals surface area (Å²) in [6.45, 7) is 15.7. The summed E-state index contributed by atoms with van der Waals surface area (Å²) < 4.78 is 0. The Balaban J connectivity index is 5.20. The van der Waals surface area contributed by atoms with Gasteiger partial charge in [0.05, 0.1) is 11.2 Å². The van der Waals surface area contributed by atoms with E-state index >= 15 is 0 Å². The second-order valence-electron chi connectivity index (χ2n) is 6.99. The van der Waals surface area contributed by atoms with Crippen molar-refractivity contribution < 1.29 is 29.5 Å². The van der Waals surface area contributed by atoms with Crippen molar-refractivity contribution in [3.05, 3.63) is 12.7 Å². The third-order valence-electron chi connectivity index (χ3n) is 2.25. The highest BCUT2D eigenvalue weighted by Gasteiger charge is 2.45. The van der Waals surface area contributed by atoms with Gasteiger partial charge in [-0.25, -0.2) is 9.78 Å². The van der Waals surface area contributed by atoms with E-state index in [-0.39, 0.29) is 6.42 Å². The van der Waals surface area contributed by atoms with Gasteiger partial charge < -0.3 is 5.11 Å². The van der Waals surface area contributed by atoms with Crippen molar-refractivity contribution in [1.29, 1.82) is 0 Å². The minimum absolute atomic E-state index is 0.146. The molecule has 1 N–H and O–H groups in total. The molecule has 0 saturated carbocycles. The summed E-state index contributed by atoms with van der Waals surface area (Å²) in [5.74, 6) is -3.73. The largest absolute Gasteiger partial charge is 0.481 e. The summed E-state index contributed by atoms with van der Waals surface area (Å²) in [6, 6.07) is 0. The van der Waals surface area contributed by atoms with Crippen molar-refractivity contribution in [2.24, 2.45) is 5.92 Å². The number of carboxylic acid groups (broad SMARTS) is 1. The zero-order valence-electron chi connectivity index (χ0n) is 14.1. The van der Waals surface area contributed by atoms with Crippen LogP contribution in [-0.2, 0) is 24.3 Å². The molecule has 0 aliphatic rings. The van der Waals surface area contributed by atoms with E-state index < -0.39 is 28.9 Å². The number of allylic oxidation sites excluding steroid dienone is 1. The van der Waals surface area contributed by atoms with Gasteiger partial charge in [0.1, 0.15) is 5.92 Å². The topological polar surface area (TPSA) is 74.2 Å². The molecule has 0 aromatic rings. The molecule has 124 valence electrons. The van der Waals surface area contributed by atoms with Crippen LogP contribution in [0.25, 0.3) is 0 Å². The number of carbonyl (C=O) groups is 1. The first kappa shape index (κ1) is 20.1. The Labute approximate surface area is 126 Å². The lowest BCUT2D eigenvalue weighted by molar-refractivity contribution is -0.544. The quantitative estimate of drug-likeness (QED) is 0.320. The monoisotopic (exact) mass is 304 g/mol. The molecule has 0 aromatic carbocycles. The van der Waals surface area contributed by atoms with Crippen LogP contribution in [0.2, 0.25) is 0 Å². The Morgan fingerprint density at radius 3 is 1.62 bits per heavy atom. The van der Waals surface area contributed by atoms with E-state index in [2.05, 4.69) is 6.58 Å². The van der Waals surface area contributed by atoms with Crippen LogP contribution in [0.15, 0.2) is 12.7 Å². The van der Waals surface area contributed by atoms with Gasteiger partial charge in [0, 0.05) is 0 Å². The minimum atomic E-state index is -1.61. The number of carboxylic acids is 1. The first-order chi connectivity index (χ1) is 9.31. The molecule has 0 rings (SSSR count). The number of rotatable bonds is 8. The van der Waals surface area contributed by atoms with E-state index in [1.54, 1.807) is 41.5 Å². The molecule has 1 atom stereocenters. The molecule has 21 heavy (non-hydrogen) atoms. The molecule has 0 amide bonds. The predicted octanol–water partition coefficient (Wildman–Crippen LogP) is 3.47. The highest BCUT2D eigenvalue weighted by Crippen LogP contribution is 2.31. The van der Waals surface area contributed by atoms with Gasteiger partial charge in [-0.15, -0.1) is 6.58 Å². The van der Waals surface area contributed by atoms with E-state index in [1.165, 1.54) is 13.0 Å². The van der Waals surface area contributed by atoms with Gasteiger partial charge in [0.2, 0.25) is 5.79 Å². The van der Waals surface area contributed by atoms with E-state index in [9.17, 15) is 9.90 Å². The Morgan fingerprint density at radius 2 is 1.38 bits per heavy atom. The van der Waals surface area contributed by atoms with Crippen LogP contribution in [0.1, 0.15) is 54.9 Å². The van der Waals surface area contributed by atoms with E-state index in [1.807, 2.05) is 0 Å². The third-order valence-corrected chi connectivity index (χ3v) is 2.25. The second kappa shape index (κ2) is 7.35. The summed E-state index contributed by atoms with van der Waals surface area (Å²) in [5.41, 5.74) is -1.24. The van der Waals surface area contributed by atoms with Gasteiger partial charge in [0.15, 0.2) is 0 Å². The van der Waals surface area contributed by atoms with E-state index in [4.69, 9.17) is 19.6 Å². The predicted molar refractivity (Wildman–Crippen MR) is 78.2 cm³/mol. The van der Waals surface area contributed by atoms with Crippen molar-refractivity contribution in [2.75, 3.05) is 0 Å². The molecule has 6 heteroatoms. The van der Waals surface area contributed by atoms with Gasteiger partial charge in [-0.3, -0.25) is 4.79 Å². The Hall–Kier alpha value is -0.950. The lowest BCUT2D eigenvalue weighted by Gasteiger charge is -2.35. The Morgan fingerprint density at radius 1 is 1.00 bits per heavy atom. The molecule has 1 unspecified atom stereocenters. The fraction of sp³-hybridized carbons (Fsp3) is 0.800. The van der Waals surface area contributed by atoms with Gasteiger partial charge in [-0.05, 0) is 54.9 Å². The summed E-state index contributed by atoms with van der Waals surface area (Å²) in [7, 11) is 0. The lowest BCUT2D eigenvalue weighted by atomic mass is 9.96. The van der Waals surface area contributed by atoms with E-state index in [0.717, 1.165) is 0 Å². The minimum Gasteiger partial charge on any atom is -0.481 e. The van der Waals surface area contributed by atoms with Crippen molar-refractivity contribution in [2.45, 2.75) is 71.9 Å². The highest BCUT2D eigenvalue weighted by molar-refractivity contribution is 5.71. The first-order valence-electron chi connectivity index (χ1n) is 6.88. The fourth-order valence-corrected chi connectivity index (χ4v) is 1.25. The number of aliphatic carboxylic acids is 1. The molecule has 6 nitrogen and oxygen atoms in total. The summed E-state index contributed by atoms with van der Waals surface area (Å²) >= 11 is 0. The Bertz CT molecular complexity index is 332. The molecule has 0 aliphatic heterocycles. The maximum absolute atomic E-state index is 11.5. The van der Waals surface area contributed by atoms with Crippen molar-refractivity contribution in [3.8, 4) is 0 Å². The average molecular weight is 304 g/mol.